The summed E-state index contributed by atoms with van der Waals surface area (Å²) in [4.78, 5) is 21.1. The minimum absolute atomic E-state index is 0.115. The summed E-state index contributed by atoms with van der Waals surface area (Å²) >= 11 is 1.51. The number of carbonyl (C=O) groups is 1. The third-order valence-electron chi connectivity index (χ3n) is 4.37. The Balaban J connectivity index is 1.65. The molecule has 5 heteroatoms. The lowest BCUT2D eigenvalue weighted by atomic mass is 10.1. The van der Waals surface area contributed by atoms with Gasteiger partial charge in [0, 0.05) is 11.4 Å². The molecule has 0 radical (unpaired) electrons. The maximum absolute atomic E-state index is 12.5. The fraction of sp³-hybridized carbons (Fsp3) is 0.500. The van der Waals surface area contributed by atoms with Crippen LogP contribution in [0.2, 0.25) is 0 Å². The summed E-state index contributed by atoms with van der Waals surface area (Å²) in [5, 5.41) is 4.95. The van der Waals surface area contributed by atoms with Crippen LogP contribution in [0.1, 0.15) is 45.4 Å². The zero-order chi connectivity index (χ0) is 16.1. The number of para-hydroxylation sites is 1. The molecule has 1 N–H and O–H groups in total. The van der Waals surface area contributed by atoms with Crippen molar-refractivity contribution in [1.82, 2.24) is 15.3 Å². The predicted molar refractivity (Wildman–Crippen MR) is 94.5 cm³/mol. The molecular weight excluding hydrogens is 306 g/mol. The molecule has 3 rings (SSSR count). The van der Waals surface area contributed by atoms with Crippen LogP contribution in [0.4, 0.5) is 0 Å². The van der Waals surface area contributed by atoms with Crippen molar-refractivity contribution in [2.24, 2.45) is 0 Å². The van der Waals surface area contributed by atoms with E-state index in [1.165, 1.54) is 37.4 Å². The molecule has 0 saturated heterocycles. The Hall–Kier alpha value is -1.62. The summed E-state index contributed by atoms with van der Waals surface area (Å²) in [6.07, 6.45) is 8.83. The van der Waals surface area contributed by atoms with Crippen molar-refractivity contribution < 1.29 is 4.79 Å². The van der Waals surface area contributed by atoms with Crippen LogP contribution in [0, 0.1) is 0 Å². The summed E-state index contributed by atoms with van der Waals surface area (Å²) in [6.45, 7) is 1.95. The van der Waals surface area contributed by atoms with E-state index in [1.54, 1.807) is 6.33 Å². The van der Waals surface area contributed by atoms with Gasteiger partial charge in [0.1, 0.15) is 11.4 Å². The van der Waals surface area contributed by atoms with Crippen molar-refractivity contribution >= 4 is 28.6 Å². The van der Waals surface area contributed by atoms with Gasteiger partial charge >= 0.3 is 0 Å². The third kappa shape index (κ3) is 4.22. The molecule has 1 unspecified atom stereocenters. The largest absolute Gasteiger partial charge is 0.352 e. The van der Waals surface area contributed by atoms with E-state index >= 15 is 0 Å². The Morgan fingerprint density at radius 1 is 1.17 bits per heavy atom. The van der Waals surface area contributed by atoms with Crippen LogP contribution in [0.25, 0.3) is 10.9 Å². The summed E-state index contributed by atoms with van der Waals surface area (Å²) in [7, 11) is 0. The normalized spacial score (nSPS) is 17.6. The van der Waals surface area contributed by atoms with Crippen LogP contribution >= 0.6 is 11.8 Å². The standard InChI is InChI=1S/C18H23N3OS/c1-13(17(22)21-14-8-4-2-3-5-9-14)23-18-15-10-6-7-11-16(15)19-12-20-18/h6-7,10-14H,2-5,8-9H2,1H3,(H,21,22). The van der Waals surface area contributed by atoms with E-state index in [0.29, 0.717) is 6.04 Å². The molecule has 122 valence electrons. The van der Waals surface area contributed by atoms with E-state index in [1.807, 2.05) is 31.2 Å². The van der Waals surface area contributed by atoms with Gasteiger partial charge in [-0.05, 0) is 25.8 Å². The number of hydrogen-bond donors (Lipinski definition) is 1. The van der Waals surface area contributed by atoms with Crippen molar-refractivity contribution in [2.75, 3.05) is 0 Å². The number of thioether (sulfide) groups is 1. The number of rotatable bonds is 4. The van der Waals surface area contributed by atoms with Crippen LogP contribution in [-0.2, 0) is 4.79 Å². The van der Waals surface area contributed by atoms with Gasteiger partial charge in [-0.1, -0.05) is 55.6 Å². The van der Waals surface area contributed by atoms with Gasteiger partial charge in [-0.25, -0.2) is 9.97 Å². The number of fused-ring (bicyclic) bond motifs is 1. The maximum Gasteiger partial charge on any atom is 0.233 e. The van der Waals surface area contributed by atoms with Crippen LogP contribution in [0.15, 0.2) is 35.6 Å². The smallest absolute Gasteiger partial charge is 0.233 e. The molecule has 0 aliphatic heterocycles. The number of hydrogen-bond acceptors (Lipinski definition) is 4. The van der Waals surface area contributed by atoms with E-state index in [-0.39, 0.29) is 11.2 Å². The van der Waals surface area contributed by atoms with Gasteiger partial charge in [-0.2, -0.15) is 0 Å². The Bertz CT molecular complexity index is 663. The monoisotopic (exact) mass is 329 g/mol. The van der Waals surface area contributed by atoms with Gasteiger partial charge in [0.2, 0.25) is 5.91 Å². The fourth-order valence-electron chi connectivity index (χ4n) is 3.04. The van der Waals surface area contributed by atoms with Crippen LogP contribution in [0.5, 0.6) is 0 Å². The first-order valence-corrected chi connectivity index (χ1v) is 9.29. The first-order chi connectivity index (χ1) is 11.2. The van der Waals surface area contributed by atoms with Crippen molar-refractivity contribution in [3.05, 3.63) is 30.6 Å². The van der Waals surface area contributed by atoms with Crippen LogP contribution in [-0.4, -0.2) is 27.2 Å². The van der Waals surface area contributed by atoms with Crippen molar-refractivity contribution in [3.8, 4) is 0 Å². The van der Waals surface area contributed by atoms with E-state index in [4.69, 9.17) is 0 Å². The topological polar surface area (TPSA) is 54.9 Å². The quantitative estimate of drug-likeness (QED) is 0.524. The Kier molecular flexibility index (Phi) is 5.49. The van der Waals surface area contributed by atoms with Crippen molar-refractivity contribution in [2.45, 2.75) is 61.8 Å². The number of aromatic nitrogens is 2. The number of amides is 1. The SMILES string of the molecule is CC(Sc1ncnc2ccccc12)C(=O)NC1CCCCCC1. The molecule has 1 fully saturated rings. The van der Waals surface area contributed by atoms with E-state index in [2.05, 4.69) is 15.3 Å². The summed E-state index contributed by atoms with van der Waals surface area (Å²) < 4.78 is 0. The molecule has 0 bridgehead atoms. The van der Waals surface area contributed by atoms with Crippen LogP contribution < -0.4 is 5.32 Å². The Labute approximate surface area is 141 Å². The number of nitrogens with zero attached hydrogens (tertiary/aromatic N) is 2. The minimum atomic E-state index is -0.156. The summed E-state index contributed by atoms with van der Waals surface area (Å²) in [6, 6.07) is 8.26. The Morgan fingerprint density at radius 3 is 2.70 bits per heavy atom. The van der Waals surface area contributed by atoms with Gasteiger partial charge in [0.25, 0.3) is 0 Å². The van der Waals surface area contributed by atoms with Gasteiger partial charge in [-0.15, -0.1) is 0 Å². The molecule has 1 aromatic carbocycles. The maximum atomic E-state index is 12.5. The van der Waals surface area contributed by atoms with Crippen molar-refractivity contribution in [1.29, 1.82) is 0 Å². The lowest BCUT2D eigenvalue weighted by Crippen LogP contribution is -2.39. The molecule has 0 spiro atoms. The highest BCUT2D eigenvalue weighted by molar-refractivity contribution is 8.00. The molecule has 1 atom stereocenters. The molecule has 1 amide bonds. The molecule has 1 aromatic heterocycles. The van der Waals surface area contributed by atoms with Gasteiger partial charge in [0.05, 0.1) is 10.8 Å². The predicted octanol–water partition coefficient (Wildman–Crippen LogP) is 3.95. The molecule has 1 heterocycles. The highest BCUT2D eigenvalue weighted by atomic mass is 32.2. The number of carbonyl (C=O) groups excluding carboxylic acids is 1. The average Bonchev–Trinajstić information content (AvgIpc) is 2.84. The minimum Gasteiger partial charge on any atom is -0.352 e. The molecule has 23 heavy (non-hydrogen) atoms. The lowest BCUT2D eigenvalue weighted by Gasteiger charge is -2.19. The van der Waals surface area contributed by atoms with Crippen LogP contribution in [0.3, 0.4) is 0 Å². The number of benzene rings is 1. The van der Waals surface area contributed by atoms with E-state index < -0.39 is 0 Å². The van der Waals surface area contributed by atoms with Crippen molar-refractivity contribution in [3.63, 3.8) is 0 Å². The summed E-state index contributed by atoms with van der Waals surface area (Å²) in [5.41, 5.74) is 0.918. The zero-order valence-corrected chi connectivity index (χ0v) is 14.3. The molecule has 1 aliphatic rings. The molecule has 1 aliphatic carbocycles. The van der Waals surface area contributed by atoms with E-state index in [0.717, 1.165) is 28.8 Å². The van der Waals surface area contributed by atoms with Gasteiger partial charge in [-0.3, -0.25) is 4.79 Å². The van der Waals surface area contributed by atoms with Gasteiger partial charge < -0.3 is 5.32 Å². The molecule has 4 nitrogen and oxygen atoms in total. The highest BCUT2D eigenvalue weighted by Crippen LogP contribution is 2.28. The van der Waals surface area contributed by atoms with Gasteiger partial charge in [0.15, 0.2) is 0 Å². The lowest BCUT2D eigenvalue weighted by molar-refractivity contribution is -0.121. The molecular formula is C18H23N3OS. The zero-order valence-electron chi connectivity index (χ0n) is 13.5. The first kappa shape index (κ1) is 16.2. The second kappa shape index (κ2) is 7.77. The highest BCUT2D eigenvalue weighted by Gasteiger charge is 2.20. The average molecular weight is 329 g/mol. The molecule has 1 saturated carbocycles. The fourth-order valence-corrected chi connectivity index (χ4v) is 3.95. The second-order valence-electron chi connectivity index (χ2n) is 6.15. The first-order valence-electron chi connectivity index (χ1n) is 8.41. The number of nitrogens with one attached hydrogen (secondary N) is 1. The summed E-state index contributed by atoms with van der Waals surface area (Å²) in [5.74, 6) is 0.115. The molecule has 2 aromatic rings. The second-order valence-corrected chi connectivity index (χ2v) is 7.48. The Morgan fingerprint density at radius 2 is 1.91 bits per heavy atom. The third-order valence-corrected chi connectivity index (χ3v) is 5.48. The van der Waals surface area contributed by atoms with E-state index in [9.17, 15) is 4.79 Å².